The summed E-state index contributed by atoms with van der Waals surface area (Å²) in [6.07, 6.45) is 1.44. The van der Waals surface area contributed by atoms with Crippen LogP contribution in [0.3, 0.4) is 0 Å². The molecule has 0 bridgehead atoms. The van der Waals surface area contributed by atoms with Gasteiger partial charge < -0.3 is 24.2 Å². The van der Waals surface area contributed by atoms with Crippen molar-refractivity contribution >= 4 is 11.9 Å². The summed E-state index contributed by atoms with van der Waals surface area (Å²) in [7, 11) is 4.56. The number of amides is 1. The van der Waals surface area contributed by atoms with Crippen LogP contribution in [0.25, 0.3) is 0 Å². The summed E-state index contributed by atoms with van der Waals surface area (Å²) in [6.45, 7) is 2.20. The van der Waals surface area contributed by atoms with Crippen molar-refractivity contribution in [2.24, 2.45) is 5.92 Å². The Bertz CT molecular complexity index is 619. The van der Waals surface area contributed by atoms with Gasteiger partial charge in [0.15, 0.2) is 11.5 Å². The number of carboxylic acids is 1. The van der Waals surface area contributed by atoms with Crippen molar-refractivity contribution in [2.75, 3.05) is 27.9 Å². The van der Waals surface area contributed by atoms with Crippen LogP contribution < -0.4 is 14.2 Å². The molecule has 1 aliphatic heterocycles. The van der Waals surface area contributed by atoms with E-state index in [4.69, 9.17) is 14.2 Å². The van der Waals surface area contributed by atoms with E-state index in [0.29, 0.717) is 30.1 Å². The predicted molar refractivity (Wildman–Crippen MR) is 91.3 cm³/mol. The Morgan fingerprint density at radius 1 is 1.12 bits per heavy atom. The molecule has 138 valence electrons. The minimum atomic E-state index is -0.850. The molecule has 1 heterocycles. The quantitative estimate of drug-likeness (QED) is 0.843. The number of hydrogen-bond acceptors (Lipinski definition) is 5. The number of benzene rings is 1. The van der Waals surface area contributed by atoms with Gasteiger partial charge in [-0.2, -0.15) is 0 Å². The summed E-state index contributed by atoms with van der Waals surface area (Å²) < 4.78 is 15.9. The van der Waals surface area contributed by atoms with Gasteiger partial charge in [-0.1, -0.05) is 0 Å². The Balaban J connectivity index is 2.20. The molecule has 7 nitrogen and oxygen atoms in total. The molecule has 0 radical (unpaired) electrons. The third-order valence-corrected chi connectivity index (χ3v) is 4.63. The topological polar surface area (TPSA) is 85.3 Å². The first-order valence-electron chi connectivity index (χ1n) is 8.22. The highest BCUT2D eigenvalue weighted by Gasteiger charge is 2.32. The fraction of sp³-hybridized carbons (Fsp3) is 0.556. The summed E-state index contributed by atoms with van der Waals surface area (Å²) in [5.74, 6) is -0.0108. The van der Waals surface area contributed by atoms with E-state index >= 15 is 0 Å². The lowest BCUT2D eigenvalue weighted by atomic mass is 9.93. The minimum absolute atomic E-state index is 0.0325. The van der Waals surface area contributed by atoms with Crippen LogP contribution in [0, 0.1) is 5.92 Å². The summed E-state index contributed by atoms with van der Waals surface area (Å²) >= 11 is 0. The minimum Gasteiger partial charge on any atom is -0.493 e. The van der Waals surface area contributed by atoms with Crippen LogP contribution >= 0.6 is 0 Å². The number of carboxylic acid groups (broad SMARTS) is 1. The first kappa shape index (κ1) is 18.9. The third-order valence-electron chi connectivity index (χ3n) is 4.63. The first-order chi connectivity index (χ1) is 11.9. The molecule has 2 rings (SSSR count). The Labute approximate surface area is 147 Å². The summed E-state index contributed by atoms with van der Waals surface area (Å²) in [5.41, 5.74) is 0.726. The summed E-state index contributed by atoms with van der Waals surface area (Å²) in [4.78, 5) is 25.6. The van der Waals surface area contributed by atoms with E-state index in [1.165, 1.54) is 21.3 Å². The molecule has 0 saturated carbocycles. The number of carbonyl (C=O) groups is 2. The number of ether oxygens (including phenoxy) is 3. The maximum atomic E-state index is 12.7. The number of carbonyl (C=O) groups excluding carboxylic acids is 1. The van der Waals surface area contributed by atoms with Crippen molar-refractivity contribution in [3.63, 3.8) is 0 Å². The van der Waals surface area contributed by atoms with Crippen LogP contribution in [-0.4, -0.2) is 55.8 Å². The number of nitrogens with zero attached hydrogens (tertiary/aromatic N) is 1. The van der Waals surface area contributed by atoms with Gasteiger partial charge in [0.25, 0.3) is 0 Å². The van der Waals surface area contributed by atoms with E-state index in [1.807, 2.05) is 6.92 Å². The lowest BCUT2D eigenvalue weighted by Gasteiger charge is -2.36. The largest absolute Gasteiger partial charge is 0.493 e. The molecular weight excluding hydrogens is 326 g/mol. The van der Waals surface area contributed by atoms with Gasteiger partial charge in [0.1, 0.15) is 0 Å². The van der Waals surface area contributed by atoms with Crippen molar-refractivity contribution in [3.05, 3.63) is 17.7 Å². The van der Waals surface area contributed by atoms with E-state index in [0.717, 1.165) is 5.56 Å². The second kappa shape index (κ2) is 8.09. The zero-order chi connectivity index (χ0) is 18.6. The van der Waals surface area contributed by atoms with Gasteiger partial charge >= 0.3 is 5.97 Å². The number of methoxy groups -OCH3 is 3. The monoisotopic (exact) mass is 351 g/mol. The van der Waals surface area contributed by atoms with Crippen LogP contribution in [-0.2, 0) is 16.0 Å². The lowest BCUT2D eigenvalue weighted by molar-refractivity contribution is -0.146. The zero-order valence-corrected chi connectivity index (χ0v) is 15.1. The van der Waals surface area contributed by atoms with Gasteiger partial charge in [-0.05, 0) is 37.5 Å². The van der Waals surface area contributed by atoms with Gasteiger partial charge in [0, 0.05) is 12.6 Å². The maximum absolute atomic E-state index is 12.7. The number of aliphatic carboxylic acids is 1. The average molecular weight is 351 g/mol. The molecule has 2 atom stereocenters. The van der Waals surface area contributed by atoms with E-state index in [2.05, 4.69) is 0 Å². The van der Waals surface area contributed by atoms with Gasteiger partial charge in [0.2, 0.25) is 11.7 Å². The van der Waals surface area contributed by atoms with Crippen LogP contribution in [0.2, 0.25) is 0 Å². The molecule has 2 unspecified atom stereocenters. The molecular formula is C18H25NO6. The highest BCUT2D eigenvalue weighted by atomic mass is 16.5. The molecule has 0 aliphatic carbocycles. The fourth-order valence-electron chi connectivity index (χ4n) is 3.17. The van der Waals surface area contributed by atoms with E-state index < -0.39 is 11.9 Å². The zero-order valence-electron chi connectivity index (χ0n) is 15.1. The van der Waals surface area contributed by atoms with Crippen molar-refractivity contribution in [2.45, 2.75) is 32.2 Å². The second-order valence-electron chi connectivity index (χ2n) is 6.22. The van der Waals surface area contributed by atoms with E-state index in [-0.39, 0.29) is 24.9 Å². The summed E-state index contributed by atoms with van der Waals surface area (Å²) in [6, 6.07) is 3.51. The Kier molecular flexibility index (Phi) is 6.12. The van der Waals surface area contributed by atoms with Crippen molar-refractivity contribution in [1.82, 2.24) is 4.90 Å². The van der Waals surface area contributed by atoms with Gasteiger partial charge in [0.05, 0.1) is 33.7 Å². The molecule has 1 saturated heterocycles. The molecule has 7 heteroatoms. The molecule has 25 heavy (non-hydrogen) atoms. The molecule has 1 aliphatic rings. The second-order valence-corrected chi connectivity index (χ2v) is 6.22. The Hall–Kier alpha value is -2.44. The molecule has 1 aromatic carbocycles. The SMILES string of the molecule is COc1cc(CC(=O)N2CC(C(=O)O)CCC2C)cc(OC)c1OC. The number of hydrogen-bond donors (Lipinski definition) is 1. The summed E-state index contributed by atoms with van der Waals surface area (Å²) in [5, 5.41) is 9.22. The fourth-order valence-corrected chi connectivity index (χ4v) is 3.17. The first-order valence-corrected chi connectivity index (χ1v) is 8.22. The highest BCUT2D eigenvalue weighted by molar-refractivity contribution is 5.81. The van der Waals surface area contributed by atoms with E-state index in [1.54, 1.807) is 17.0 Å². The number of rotatable bonds is 6. The third kappa shape index (κ3) is 4.15. The molecule has 1 fully saturated rings. The van der Waals surface area contributed by atoms with Crippen LogP contribution in [0.4, 0.5) is 0 Å². The van der Waals surface area contributed by atoms with Gasteiger partial charge in [-0.3, -0.25) is 9.59 Å². The average Bonchev–Trinajstić information content (AvgIpc) is 2.60. The molecule has 0 aromatic heterocycles. The standard InChI is InChI=1S/C18H25NO6/c1-11-5-6-13(18(21)22)10-19(11)16(20)9-12-7-14(23-2)17(25-4)15(8-12)24-3/h7-8,11,13H,5-6,9-10H2,1-4H3,(H,21,22). The number of piperidine rings is 1. The highest BCUT2D eigenvalue weighted by Crippen LogP contribution is 2.38. The smallest absolute Gasteiger partial charge is 0.308 e. The number of likely N-dealkylation sites (tertiary alicyclic amines) is 1. The van der Waals surface area contributed by atoms with Gasteiger partial charge in [-0.25, -0.2) is 0 Å². The Morgan fingerprint density at radius 2 is 1.72 bits per heavy atom. The van der Waals surface area contributed by atoms with Crippen molar-refractivity contribution in [1.29, 1.82) is 0 Å². The molecule has 1 aromatic rings. The Morgan fingerprint density at radius 3 is 2.20 bits per heavy atom. The molecule has 0 spiro atoms. The van der Waals surface area contributed by atoms with E-state index in [9.17, 15) is 14.7 Å². The van der Waals surface area contributed by atoms with Gasteiger partial charge in [-0.15, -0.1) is 0 Å². The molecule has 1 amide bonds. The predicted octanol–water partition coefficient (Wildman–Crippen LogP) is 1.97. The van der Waals surface area contributed by atoms with Crippen LogP contribution in [0.15, 0.2) is 12.1 Å². The van der Waals surface area contributed by atoms with Crippen molar-refractivity contribution < 1.29 is 28.9 Å². The van der Waals surface area contributed by atoms with Crippen molar-refractivity contribution in [3.8, 4) is 17.2 Å². The molecule has 1 N–H and O–H groups in total. The maximum Gasteiger partial charge on any atom is 0.308 e. The normalized spacial score (nSPS) is 20.1. The van der Waals surface area contributed by atoms with Crippen LogP contribution in [0.1, 0.15) is 25.3 Å². The van der Waals surface area contributed by atoms with Crippen LogP contribution in [0.5, 0.6) is 17.2 Å². The lowest BCUT2D eigenvalue weighted by Crippen LogP contribution is -2.47.